The van der Waals surface area contributed by atoms with Gasteiger partial charge in [-0.05, 0) is 52.0 Å². The minimum absolute atomic E-state index is 0.123. The lowest BCUT2D eigenvalue weighted by Gasteiger charge is -2.34. The maximum Gasteiger partial charge on any atom is 0.257 e. The number of amides is 1. The highest BCUT2D eigenvalue weighted by Crippen LogP contribution is 2.20. The second-order valence-corrected chi connectivity index (χ2v) is 10.4. The maximum absolute atomic E-state index is 12.5. The van der Waals surface area contributed by atoms with E-state index in [0.717, 1.165) is 18.8 Å². The third-order valence-electron chi connectivity index (χ3n) is 4.47. The van der Waals surface area contributed by atoms with Crippen LogP contribution in [0.25, 0.3) is 0 Å². The lowest BCUT2D eigenvalue weighted by Crippen LogP contribution is -2.44. The van der Waals surface area contributed by atoms with Crippen molar-refractivity contribution in [2.45, 2.75) is 57.4 Å². The molecule has 2 N–H and O–H groups in total. The van der Waals surface area contributed by atoms with Gasteiger partial charge in [0.1, 0.15) is 0 Å². The molecule has 1 aliphatic rings. The minimum Gasteiger partial charge on any atom is -0.373 e. The Morgan fingerprint density at radius 3 is 2.47 bits per heavy atom. The molecule has 10 heteroatoms. The first-order valence-corrected chi connectivity index (χ1v) is 12.2. The van der Waals surface area contributed by atoms with E-state index in [4.69, 9.17) is 4.74 Å². The van der Waals surface area contributed by atoms with Crippen LogP contribution in [0.5, 0.6) is 0 Å². The third-order valence-corrected chi connectivity index (χ3v) is 6.95. The maximum atomic E-state index is 12.5. The molecular weight excluding hydrogens is 424 g/mol. The zero-order chi connectivity index (χ0) is 21.9. The predicted octanol–water partition coefficient (Wildman–Crippen LogP) is 2.69. The molecule has 2 heterocycles. The van der Waals surface area contributed by atoms with E-state index in [1.54, 1.807) is 13.8 Å². The number of aromatic nitrogens is 1. The van der Waals surface area contributed by atoms with Crippen LogP contribution in [-0.4, -0.2) is 55.5 Å². The molecule has 0 bridgehead atoms. The second kappa shape index (κ2) is 9.52. The average Bonchev–Trinajstić information content (AvgIpc) is 3.06. The van der Waals surface area contributed by atoms with Gasteiger partial charge < -0.3 is 4.74 Å². The molecule has 0 spiro atoms. The molecule has 164 valence electrons. The quantitative estimate of drug-likeness (QED) is 0.670. The van der Waals surface area contributed by atoms with Gasteiger partial charge in [-0.15, -0.1) is 11.3 Å². The van der Waals surface area contributed by atoms with Crippen molar-refractivity contribution in [3.63, 3.8) is 0 Å². The van der Waals surface area contributed by atoms with Gasteiger partial charge in [0.2, 0.25) is 10.0 Å². The van der Waals surface area contributed by atoms with Crippen LogP contribution in [0.3, 0.4) is 0 Å². The van der Waals surface area contributed by atoms with E-state index in [9.17, 15) is 13.2 Å². The van der Waals surface area contributed by atoms with Gasteiger partial charge >= 0.3 is 0 Å². The Bertz CT molecular complexity index is 963. The molecule has 0 aliphatic carbocycles. The van der Waals surface area contributed by atoms with Crippen molar-refractivity contribution in [1.82, 2.24) is 14.6 Å². The summed E-state index contributed by atoms with van der Waals surface area (Å²) < 4.78 is 32.6. The molecule has 1 aromatic heterocycles. The van der Waals surface area contributed by atoms with E-state index < -0.39 is 10.0 Å². The van der Waals surface area contributed by atoms with Crippen LogP contribution in [-0.2, 0) is 21.3 Å². The van der Waals surface area contributed by atoms with Crippen molar-refractivity contribution in [3.05, 3.63) is 40.9 Å². The minimum atomic E-state index is -3.59. The first kappa shape index (κ1) is 22.8. The zero-order valence-electron chi connectivity index (χ0n) is 17.6. The van der Waals surface area contributed by atoms with Crippen LogP contribution in [0.1, 0.15) is 43.7 Å². The van der Waals surface area contributed by atoms with Gasteiger partial charge in [0.25, 0.3) is 5.91 Å². The molecule has 1 fully saturated rings. The highest BCUT2D eigenvalue weighted by atomic mass is 32.2. The number of carbonyl (C=O) groups is 1. The van der Waals surface area contributed by atoms with Crippen LogP contribution in [0.15, 0.2) is 34.5 Å². The molecular formula is C20H28N4O4S2. The third kappa shape index (κ3) is 6.08. The number of morpholine rings is 1. The van der Waals surface area contributed by atoms with E-state index >= 15 is 0 Å². The lowest BCUT2D eigenvalue weighted by molar-refractivity contribution is -0.0707. The summed E-state index contributed by atoms with van der Waals surface area (Å²) in [6.45, 7) is 10.0. The fraction of sp³-hybridized carbons (Fsp3) is 0.500. The number of thiazole rings is 1. The summed E-state index contributed by atoms with van der Waals surface area (Å²) in [6, 6.07) is 5.63. The molecule has 1 aliphatic heterocycles. The van der Waals surface area contributed by atoms with Crippen molar-refractivity contribution >= 4 is 32.4 Å². The highest BCUT2D eigenvalue weighted by Gasteiger charge is 2.23. The zero-order valence-corrected chi connectivity index (χ0v) is 19.2. The predicted molar refractivity (Wildman–Crippen MR) is 117 cm³/mol. The highest BCUT2D eigenvalue weighted by molar-refractivity contribution is 7.89. The van der Waals surface area contributed by atoms with Crippen LogP contribution < -0.4 is 10.0 Å². The number of ether oxygens (including phenoxy) is 1. The van der Waals surface area contributed by atoms with Gasteiger partial charge in [-0.25, -0.2) is 18.1 Å². The molecule has 0 radical (unpaired) electrons. The summed E-state index contributed by atoms with van der Waals surface area (Å²) in [7, 11) is -3.59. The molecule has 0 saturated carbocycles. The van der Waals surface area contributed by atoms with Crippen molar-refractivity contribution < 1.29 is 17.9 Å². The number of benzene rings is 1. The smallest absolute Gasteiger partial charge is 0.257 e. The standard InChI is InChI=1S/C20H28N4O4S2/c1-13(2)23-30(26,27)18-7-5-16(6-8-18)19(25)22-20-21-17(12-29-20)11-24-9-14(3)28-15(4)10-24/h5-8,12-15,23H,9-11H2,1-4H3,(H,21,22,25). The number of nitrogens with zero attached hydrogens (tertiary/aromatic N) is 2. The topological polar surface area (TPSA) is 101 Å². The molecule has 1 aromatic carbocycles. The number of hydrogen-bond acceptors (Lipinski definition) is 7. The van der Waals surface area contributed by atoms with Crippen LogP contribution in [0, 0.1) is 0 Å². The van der Waals surface area contributed by atoms with Crippen LogP contribution >= 0.6 is 11.3 Å². The summed E-state index contributed by atoms with van der Waals surface area (Å²) in [5.41, 5.74) is 1.27. The van der Waals surface area contributed by atoms with E-state index in [-0.39, 0.29) is 29.1 Å². The molecule has 2 atom stereocenters. The number of hydrogen-bond donors (Lipinski definition) is 2. The Morgan fingerprint density at radius 2 is 1.87 bits per heavy atom. The van der Waals surface area contributed by atoms with Crippen LogP contribution in [0.2, 0.25) is 0 Å². The van der Waals surface area contributed by atoms with Gasteiger partial charge in [0.05, 0.1) is 22.8 Å². The summed E-state index contributed by atoms with van der Waals surface area (Å²) in [5.74, 6) is -0.328. The summed E-state index contributed by atoms with van der Waals surface area (Å²) >= 11 is 1.37. The van der Waals surface area contributed by atoms with Crippen molar-refractivity contribution in [1.29, 1.82) is 0 Å². The molecule has 1 amide bonds. The Morgan fingerprint density at radius 1 is 1.23 bits per heavy atom. The van der Waals surface area contributed by atoms with Crippen molar-refractivity contribution in [2.24, 2.45) is 0 Å². The normalized spacial score (nSPS) is 20.4. The van der Waals surface area contributed by atoms with Crippen molar-refractivity contribution in [3.8, 4) is 0 Å². The monoisotopic (exact) mass is 452 g/mol. The van der Waals surface area contributed by atoms with Gasteiger partial charge in [-0.2, -0.15) is 0 Å². The van der Waals surface area contributed by atoms with Crippen molar-refractivity contribution in [2.75, 3.05) is 18.4 Å². The fourth-order valence-corrected chi connectivity index (χ4v) is 5.36. The van der Waals surface area contributed by atoms with E-state index in [1.165, 1.54) is 35.6 Å². The number of nitrogens with one attached hydrogen (secondary N) is 2. The Labute approximate surface area is 181 Å². The lowest BCUT2D eigenvalue weighted by atomic mass is 10.2. The number of anilines is 1. The number of rotatable bonds is 7. The summed E-state index contributed by atoms with van der Waals surface area (Å²) in [4.78, 5) is 19.4. The molecule has 1 saturated heterocycles. The van der Waals surface area contributed by atoms with Gasteiger partial charge in [0.15, 0.2) is 5.13 Å². The van der Waals surface area contributed by atoms with Gasteiger partial charge in [-0.1, -0.05) is 0 Å². The molecule has 2 aromatic rings. The Balaban J connectivity index is 1.60. The molecule has 8 nitrogen and oxygen atoms in total. The number of sulfonamides is 1. The summed E-state index contributed by atoms with van der Waals surface area (Å²) in [5, 5.41) is 5.24. The Hall–Kier alpha value is -1.85. The van der Waals surface area contributed by atoms with Gasteiger partial charge in [-0.3, -0.25) is 15.0 Å². The van der Waals surface area contributed by atoms with E-state index in [1.807, 2.05) is 5.38 Å². The molecule has 2 unspecified atom stereocenters. The van der Waals surface area contributed by atoms with E-state index in [2.05, 4.69) is 33.8 Å². The first-order chi connectivity index (χ1) is 14.1. The fourth-order valence-electron chi connectivity index (χ4n) is 3.41. The second-order valence-electron chi connectivity index (χ2n) is 7.85. The summed E-state index contributed by atoms with van der Waals surface area (Å²) in [6.07, 6.45) is 0.378. The Kier molecular flexibility index (Phi) is 7.25. The molecule has 3 rings (SSSR count). The van der Waals surface area contributed by atoms with Crippen LogP contribution in [0.4, 0.5) is 5.13 Å². The largest absolute Gasteiger partial charge is 0.373 e. The van der Waals surface area contributed by atoms with E-state index in [0.29, 0.717) is 17.2 Å². The molecule has 30 heavy (non-hydrogen) atoms. The average molecular weight is 453 g/mol. The number of carbonyl (C=O) groups excluding carboxylic acids is 1. The SMILES string of the molecule is CC(C)NS(=O)(=O)c1ccc(C(=O)Nc2nc(CN3CC(C)OC(C)C3)cs2)cc1. The van der Waals surface area contributed by atoms with Gasteiger partial charge in [0, 0.05) is 36.6 Å². The first-order valence-electron chi connectivity index (χ1n) is 9.88.